The first kappa shape index (κ1) is 16.3. The first-order valence-corrected chi connectivity index (χ1v) is 6.28. The molecule has 98 valence electrons. The molecule has 0 aromatic heterocycles. The van der Waals surface area contributed by atoms with Crippen molar-refractivity contribution in [2.45, 2.75) is 12.5 Å². The number of hydrogen-bond donors (Lipinski definition) is 0. The van der Waals surface area contributed by atoms with Crippen LogP contribution in [0.1, 0.15) is 6.42 Å². The SMILES string of the molecule is C#CCOCC(COCCC=C)OP(=O)(F)F. The van der Waals surface area contributed by atoms with Crippen LogP contribution in [0.3, 0.4) is 0 Å². The molecule has 4 nitrogen and oxygen atoms in total. The van der Waals surface area contributed by atoms with Crippen LogP contribution in [0.5, 0.6) is 0 Å². The molecule has 0 fully saturated rings. The smallest absolute Gasteiger partial charge is 0.378 e. The Balaban J connectivity index is 3.97. The van der Waals surface area contributed by atoms with Gasteiger partial charge in [0, 0.05) is 0 Å². The molecule has 0 aromatic carbocycles. The van der Waals surface area contributed by atoms with E-state index in [9.17, 15) is 13.0 Å². The van der Waals surface area contributed by atoms with E-state index in [1.807, 2.05) is 0 Å². The van der Waals surface area contributed by atoms with Crippen molar-refractivity contribution in [1.82, 2.24) is 0 Å². The lowest BCUT2D eigenvalue weighted by Gasteiger charge is -2.16. The van der Waals surface area contributed by atoms with E-state index in [4.69, 9.17) is 15.9 Å². The van der Waals surface area contributed by atoms with Gasteiger partial charge in [-0.15, -0.1) is 21.4 Å². The van der Waals surface area contributed by atoms with E-state index < -0.39 is 14.1 Å². The van der Waals surface area contributed by atoms with Crippen molar-refractivity contribution in [2.24, 2.45) is 0 Å². The van der Waals surface area contributed by atoms with Gasteiger partial charge in [0.05, 0.1) is 19.8 Å². The second-order valence-corrected chi connectivity index (χ2v) is 4.05. The molecule has 0 rings (SSSR count). The summed E-state index contributed by atoms with van der Waals surface area (Å²) in [5.41, 5.74) is 0. The van der Waals surface area contributed by atoms with Crippen molar-refractivity contribution < 1.29 is 27.0 Å². The maximum atomic E-state index is 12.2. The fourth-order valence-corrected chi connectivity index (χ4v) is 1.38. The third-order valence-corrected chi connectivity index (χ3v) is 2.07. The van der Waals surface area contributed by atoms with Gasteiger partial charge < -0.3 is 9.47 Å². The first-order valence-electron chi connectivity index (χ1n) is 4.87. The number of hydrogen-bond acceptors (Lipinski definition) is 4. The monoisotopic (exact) mass is 268 g/mol. The van der Waals surface area contributed by atoms with Crippen LogP contribution in [0.15, 0.2) is 12.7 Å². The van der Waals surface area contributed by atoms with Crippen molar-refractivity contribution in [2.75, 3.05) is 26.4 Å². The molecule has 0 heterocycles. The summed E-state index contributed by atoms with van der Waals surface area (Å²) in [5.74, 6) is 2.17. The van der Waals surface area contributed by atoms with Crippen molar-refractivity contribution in [3.8, 4) is 12.3 Å². The van der Waals surface area contributed by atoms with Gasteiger partial charge in [-0.3, -0.25) is 4.52 Å². The third-order valence-electron chi connectivity index (χ3n) is 1.53. The summed E-state index contributed by atoms with van der Waals surface area (Å²) in [6, 6.07) is 0. The van der Waals surface area contributed by atoms with Crippen LogP contribution in [-0.2, 0) is 18.6 Å². The van der Waals surface area contributed by atoms with Crippen LogP contribution in [-0.4, -0.2) is 32.5 Å². The van der Waals surface area contributed by atoms with Gasteiger partial charge in [-0.25, -0.2) is 4.57 Å². The molecule has 17 heavy (non-hydrogen) atoms. The average molecular weight is 268 g/mol. The zero-order chi connectivity index (χ0) is 13.1. The summed E-state index contributed by atoms with van der Waals surface area (Å²) in [4.78, 5) is 0. The van der Waals surface area contributed by atoms with Crippen LogP contribution < -0.4 is 0 Å². The molecule has 1 atom stereocenters. The van der Waals surface area contributed by atoms with Crippen LogP contribution in [0, 0.1) is 12.3 Å². The van der Waals surface area contributed by atoms with E-state index in [-0.39, 0.29) is 19.8 Å². The molecule has 0 bridgehead atoms. The van der Waals surface area contributed by atoms with Gasteiger partial charge in [0.15, 0.2) is 0 Å². The normalized spacial score (nSPS) is 13.0. The molecule has 0 saturated heterocycles. The topological polar surface area (TPSA) is 44.8 Å². The summed E-state index contributed by atoms with van der Waals surface area (Å²) in [5, 5.41) is 0. The zero-order valence-corrected chi connectivity index (χ0v) is 10.2. The Morgan fingerprint density at radius 2 is 2.06 bits per heavy atom. The quantitative estimate of drug-likeness (QED) is 0.264. The average Bonchev–Trinajstić information content (AvgIpc) is 2.22. The molecule has 0 aromatic rings. The van der Waals surface area contributed by atoms with E-state index in [1.165, 1.54) is 0 Å². The lowest BCUT2D eigenvalue weighted by atomic mass is 10.4. The Bertz CT molecular complexity index is 297. The van der Waals surface area contributed by atoms with E-state index >= 15 is 0 Å². The van der Waals surface area contributed by atoms with E-state index in [0.717, 1.165) is 0 Å². The van der Waals surface area contributed by atoms with Crippen LogP contribution in [0.25, 0.3) is 0 Å². The summed E-state index contributed by atoms with van der Waals surface area (Å²) in [7, 11) is -5.56. The number of halogens is 2. The molecule has 7 heteroatoms. The molecule has 1 unspecified atom stereocenters. The van der Waals surface area contributed by atoms with Crippen molar-refractivity contribution in [3.63, 3.8) is 0 Å². The highest BCUT2D eigenvalue weighted by Gasteiger charge is 2.27. The summed E-state index contributed by atoms with van der Waals surface area (Å²) >= 11 is 0. The maximum Gasteiger partial charge on any atom is 0.552 e. The Kier molecular flexibility index (Phi) is 8.92. The molecule has 0 aliphatic carbocycles. The standard InChI is InChI=1S/C10H15F2O4P/c1-3-5-7-15-9-10(8-14-6-4-2)16-17(11,12)13/h2-3,10H,1,5-9H2. The lowest BCUT2D eigenvalue weighted by molar-refractivity contribution is -0.00387. The van der Waals surface area contributed by atoms with Crippen LogP contribution in [0.4, 0.5) is 8.39 Å². The number of ether oxygens (including phenoxy) is 2. The molecule has 0 N–H and O–H groups in total. The van der Waals surface area contributed by atoms with Gasteiger partial charge in [-0.2, -0.15) is 0 Å². The second kappa shape index (κ2) is 9.32. The fraction of sp³-hybridized carbons (Fsp3) is 0.600. The summed E-state index contributed by atoms with van der Waals surface area (Å²) in [6.45, 7) is 3.42. The molecule has 0 aliphatic heterocycles. The largest absolute Gasteiger partial charge is 0.552 e. The molecule has 0 aliphatic rings. The zero-order valence-electron chi connectivity index (χ0n) is 9.31. The number of terminal acetylenes is 1. The van der Waals surface area contributed by atoms with E-state index in [2.05, 4.69) is 17.0 Å². The lowest BCUT2D eigenvalue weighted by Crippen LogP contribution is -2.24. The van der Waals surface area contributed by atoms with Crippen LogP contribution in [0.2, 0.25) is 0 Å². The second-order valence-electron chi connectivity index (χ2n) is 3.01. The molecule has 0 saturated carbocycles. The molecule has 0 amide bonds. The maximum absolute atomic E-state index is 12.2. The van der Waals surface area contributed by atoms with Gasteiger partial charge in [0.25, 0.3) is 0 Å². The highest BCUT2D eigenvalue weighted by atomic mass is 31.2. The Labute approximate surface area is 99.6 Å². The Hall–Kier alpha value is -0.730. The Morgan fingerprint density at radius 3 is 2.59 bits per heavy atom. The minimum Gasteiger partial charge on any atom is -0.378 e. The van der Waals surface area contributed by atoms with Gasteiger partial charge in [0.1, 0.15) is 12.7 Å². The van der Waals surface area contributed by atoms with E-state index in [0.29, 0.717) is 13.0 Å². The summed E-state index contributed by atoms with van der Waals surface area (Å²) < 4.78 is 48.6. The molecular formula is C10H15F2O4P. The highest BCUT2D eigenvalue weighted by Crippen LogP contribution is 2.51. The minimum absolute atomic E-state index is 0.0324. The van der Waals surface area contributed by atoms with Gasteiger partial charge >= 0.3 is 7.99 Å². The Morgan fingerprint density at radius 1 is 1.41 bits per heavy atom. The van der Waals surface area contributed by atoms with Gasteiger partial charge in [0.2, 0.25) is 0 Å². The van der Waals surface area contributed by atoms with Gasteiger partial charge in [-0.1, -0.05) is 12.0 Å². The highest BCUT2D eigenvalue weighted by molar-refractivity contribution is 7.47. The molecular weight excluding hydrogens is 253 g/mol. The van der Waals surface area contributed by atoms with Crippen molar-refractivity contribution >= 4 is 7.99 Å². The number of rotatable bonds is 10. The van der Waals surface area contributed by atoms with Crippen molar-refractivity contribution in [1.29, 1.82) is 0 Å². The summed E-state index contributed by atoms with van der Waals surface area (Å²) in [6.07, 6.45) is 6.03. The minimum atomic E-state index is -5.56. The fourth-order valence-electron chi connectivity index (χ4n) is 0.913. The van der Waals surface area contributed by atoms with Gasteiger partial charge in [-0.05, 0) is 6.42 Å². The van der Waals surface area contributed by atoms with Crippen LogP contribution >= 0.6 is 7.99 Å². The predicted octanol–water partition coefficient (Wildman–Crippen LogP) is 2.66. The third kappa shape index (κ3) is 11.5. The molecule has 0 spiro atoms. The first-order chi connectivity index (χ1) is 7.99. The van der Waals surface area contributed by atoms with Crippen molar-refractivity contribution in [3.05, 3.63) is 12.7 Å². The van der Waals surface area contributed by atoms with E-state index in [1.54, 1.807) is 6.08 Å². The molecule has 0 radical (unpaired) electrons. The predicted molar refractivity (Wildman–Crippen MR) is 60.0 cm³/mol.